The maximum atomic E-state index is 12.2. The molecule has 27 heavy (non-hydrogen) atoms. The first-order chi connectivity index (χ1) is 12.6. The number of nitro groups is 2. The van der Waals surface area contributed by atoms with E-state index in [1.165, 1.54) is 43.3 Å². The Bertz CT molecular complexity index is 896. The van der Waals surface area contributed by atoms with Gasteiger partial charge in [-0.1, -0.05) is 0 Å². The van der Waals surface area contributed by atoms with Crippen molar-refractivity contribution in [3.8, 4) is 0 Å². The maximum Gasteiger partial charge on any atom is 0.333 e. The molecule has 0 bridgehead atoms. The molecule has 0 aliphatic rings. The number of carboxylic acids is 1. The summed E-state index contributed by atoms with van der Waals surface area (Å²) >= 11 is 0. The highest BCUT2D eigenvalue weighted by Gasteiger charge is 2.37. The number of hydrogen-bond acceptors (Lipinski definition) is 6. The van der Waals surface area contributed by atoms with Crippen LogP contribution in [-0.4, -0.2) is 27.0 Å². The first kappa shape index (κ1) is 19.3. The van der Waals surface area contributed by atoms with Crippen molar-refractivity contribution >= 4 is 29.1 Å². The van der Waals surface area contributed by atoms with E-state index < -0.39 is 27.4 Å². The number of anilines is 1. The molecule has 11 heteroatoms. The Balaban J connectivity index is 2.18. The first-order valence-electron chi connectivity index (χ1n) is 7.45. The van der Waals surface area contributed by atoms with E-state index in [9.17, 15) is 34.9 Å². The molecule has 11 nitrogen and oxygen atoms in total. The zero-order valence-corrected chi connectivity index (χ0v) is 13.9. The van der Waals surface area contributed by atoms with Crippen LogP contribution in [0.5, 0.6) is 0 Å². The third kappa shape index (κ3) is 4.34. The highest BCUT2D eigenvalue weighted by Crippen LogP contribution is 2.24. The molecule has 0 heterocycles. The number of nitrogens with one attached hydrogen (secondary N) is 2. The van der Waals surface area contributed by atoms with Crippen molar-refractivity contribution in [3.05, 3.63) is 74.3 Å². The molecule has 0 saturated heterocycles. The van der Waals surface area contributed by atoms with Gasteiger partial charge in [0.15, 0.2) is 5.54 Å². The molecular weight excluding hydrogens is 360 g/mol. The molecule has 3 N–H and O–H groups in total. The molecule has 2 rings (SSSR count). The zero-order chi connectivity index (χ0) is 20.2. The minimum atomic E-state index is -1.86. The van der Waals surface area contributed by atoms with Crippen LogP contribution >= 0.6 is 0 Å². The second kappa shape index (κ2) is 7.47. The molecule has 0 fully saturated rings. The van der Waals surface area contributed by atoms with Crippen molar-refractivity contribution in [1.82, 2.24) is 5.32 Å². The number of nitrogens with zero attached hydrogens (tertiary/aromatic N) is 2. The van der Waals surface area contributed by atoms with Gasteiger partial charge in [-0.05, 0) is 36.8 Å². The maximum absolute atomic E-state index is 12.2. The van der Waals surface area contributed by atoms with E-state index in [-0.39, 0.29) is 22.6 Å². The van der Waals surface area contributed by atoms with Crippen LogP contribution in [0.1, 0.15) is 12.5 Å². The highest BCUT2D eigenvalue weighted by molar-refractivity contribution is 5.94. The summed E-state index contributed by atoms with van der Waals surface area (Å²) in [6.45, 7) is 1.23. The number of carbonyl (C=O) groups is 2. The van der Waals surface area contributed by atoms with Crippen LogP contribution in [0, 0.1) is 20.2 Å². The Hall–Kier alpha value is -4.02. The summed E-state index contributed by atoms with van der Waals surface area (Å²) in [5.41, 5.74) is -1.90. The van der Waals surface area contributed by atoms with Crippen LogP contribution in [0.2, 0.25) is 0 Å². The van der Waals surface area contributed by atoms with Gasteiger partial charge < -0.3 is 15.7 Å². The smallest absolute Gasteiger partial charge is 0.333 e. The van der Waals surface area contributed by atoms with Gasteiger partial charge in [0.05, 0.1) is 9.85 Å². The Morgan fingerprint density at radius 1 is 0.926 bits per heavy atom. The fraction of sp³-hybridized carbons (Fsp3) is 0.125. The van der Waals surface area contributed by atoms with E-state index in [1.54, 1.807) is 0 Å². The number of rotatable bonds is 6. The number of benzene rings is 2. The van der Waals surface area contributed by atoms with Gasteiger partial charge in [-0.2, -0.15) is 0 Å². The number of carbonyl (C=O) groups excluding carboxylic acids is 1. The van der Waals surface area contributed by atoms with Crippen LogP contribution < -0.4 is 10.6 Å². The zero-order valence-electron chi connectivity index (χ0n) is 13.9. The van der Waals surface area contributed by atoms with E-state index in [0.29, 0.717) is 0 Å². The molecule has 140 valence electrons. The number of non-ortho nitro benzene ring substituents is 2. The molecular formula is C16H14N4O7. The second-order valence-electron chi connectivity index (χ2n) is 5.62. The summed E-state index contributed by atoms with van der Waals surface area (Å²) in [6.07, 6.45) is 0. The minimum Gasteiger partial charge on any atom is -0.479 e. The van der Waals surface area contributed by atoms with E-state index in [4.69, 9.17) is 0 Å². The van der Waals surface area contributed by atoms with E-state index in [0.717, 1.165) is 12.1 Å². The van der Waals surface area contributed by atoms with Crippen LogP contribution in [0.25, 0.3) is 0 Å². The predicted molar refractivity (Wildman–Crippen MR) is 93.3 cm³/mol. The molecule has 0 radical (unpaired) electrons. The van der Waals surface area contributed by atoms with Gasteiger partial charge >= 0.3 is 12.0 Å². The van der Waals surface area contributed by atoms with Gasteiger partial charge in [-0.25, -0.2) is 9.59 Å². The van der Waals surface area contributed by atoms with Crippen molar-refractivity contribution < 1.29 is 24.5 Å². The van der Waals surface area contributed by atoms with Gasteiger partial charge in [0.25, 0.3) is 11.4 Å². The molecule has 0 aromatic heterocycles. The molecule has 2 amide bonds. The third-order valence-corrected chi connectivity index (χ3v) is 3.78. The molecule has 2 aromatic carbocycles. The summed E-state index contributed by atoms with van der Waals surface area (Å²) < 4.78 is 0. The molecule has 1 atom stereocenters. The normalized spacial score (nSPS) is 12.5. The largest absolute Gasteiger partial charge is 0.479 e. The number of aliphatic carboxylic acids is 1. The lowest BCUT2D eigenvalue weighted by Gasteiger charge is -2.26. The van der Waals surface area contributed by atoms with E-state index in [2.05, 4.69) is 10.6 Å². The standard InChI is InChI=1S/C16H14N4O7/c1-16(14(21)22,10-2-6-12(7-3-10)19(24)25)18-15(23)17-11-4-8-13(9-5-11)20(26)27/h2-9H,1H3,(H,21,22)(H2,17,18,23). The topological polar surface area (TPSA) is 165 Å². The van der Waals surface area contributed by atoms with Crippen molar-refractivity contribution in [1.29, 1.82) is 0 Å². The number of nitro benzene ring substituents is 2. The number of carboxylic acid groups (broad SMARTS) is 1. The molecule has 0 spiro atoms. The lowest BCUT2D eigenvalue weighted by atomic mass is 9.92. The molecule has 2 aromatic rings. The number of amides is 2. The Morgan fingerprint density at radius 3 is 1.78 bits per heavy atom. The highest BCUT2D eigenvalue weighted by atomic mass is 16.6. The first-order valence-corrected chi connectivity index (χ1v) is 7.45. The SMILES string of the molecule is CC(NC(=O)Nc1ccc([N+](=O)[O-])cc1)(C(=O)O)c1ccc([N+](=O)[O-])cc1. The summed E-state index contributed by atoms with van der Waals surface area (Å²) in [4.78, 5) is 44.0. The monoisotopic (exact) mass is 374 g/mol. The Morgan fingerprint density at radius 2 is 1.37 bits per heavy atom. The molecule has 1 unspecified atom stereocenters. The predicted octanol–water partition coefficient (Wildman–Crippen LogP) is 2.62. The van der Waals surface area contributed by atoms with Gasteiger partial charge in [-0.3, -0.25) is 20.2 Å². The Kier molecular flexibility index (Phi) is 5.34. The van der Waals surface area contributed by atoms with Gasteiger partial charge in [0, 0.05) is 30.0 Å². The van der Waals surface area contributed by atoms with Crippen molar-refractivity contribution in [2.24, 2.45) is 0 Å². The van der Waals surface area contributed by atoms with Gasteiger partial charge in [0.1, 0.15) is 0 Å². The quantitative estimate of drug-likeness (QED) is 0.516. The van der Waals surface area contributed by atoms with E-state index in [1.807, 2.05) is 0 Å². The van der Waals surface area contributed by atoms with Crippen molar-refractivity contribution in [2.75, 3.05) is 5.32 Å². The van der Waals surface area contributed by atoms with E-state index >= 15 is 0 Å². The minimum absolute atomic E-state index is 0.124. The fourth-order valence-corrected chi connectivity index (χ4v) is 2.22. The van der Waals surface area contributed by atoms with Gasteiger partial charge in [-0.15, -0.1) is 0 Å². The number of hydrogen-bond donors (Lipinski definition) is 3. The summed E-state index contributed by atoms with van der Waals surface area (Å²) in [5, 5.41) is 35.5. The molecule has 0 aliphatic heterocycles. The van der Waals surface area contributed by atoms with Crippen LogP contribution in [0.3, 0.4) is 0 Å². The lowest BCUT2D eigenvalue weighted by Crippen LogP contribution is -2.51. The summed E-state index contributed by atoms with van der Waals surface area (Å²) in [6, 6.07) is 8.82. The second-order valence-corrected chi connectivity index (χ2v) is 5.62. The summed E-state index contributed by atoms with van der Waals surface area (Å²) in [7, 11) is 0. The van der Waals surface area contributed by atoms with Crippen LogP contribution in [0.15, 0.2) is 48.5 Å². The van der Waals surface area contributed by atoms with Crippen molar-refractivity contribution in [3.63, 3.8) is 0 Å². The lowest BCUT2D eigenvalue weighted by molar-refractivity contribution is -0.385. The summed E-state index contributed by atoms with van der Waals surface area (Å²) in [5.74, 6) is -1.38. The average Bonchev–Trinajstić information content (AvgIpc) is 2.61. The van der Waals surface area contributed by atoms with Gasteiger partial charge in [0.2, 0.25) is 0 Å². The number of urea groups is 1. The van der Waals surface area contributed by atoms with Crippen LogP contribution in [0.4, 0.5) is 21.9 Å². The third-order valence-electron chi connectivity index (χ3n) is 3.78. The van der Waals surface area contributed by atoms with Crippen molar-refractivity contribution in [2.45, 2.75) is 12.5 Å². The molecule has 0 saturated carbocycles. The van der Waals surface area contributed by atoms with Crippen LogP contribution in [-0.2, 0) is 10.3 Å². The fourth-order valence-electron chi connectivity index (χ4n) is 2.22. The molecule has 0 aliphatic carbocycles. The average molecular weight is 374 g/mol. The Labute approximate surface area is 151 Å².